The highest BCUT2D eigenvalue weighted by Crippen LogP contribution is 2.27. The number of hydrogen-bond donors (Lipinski definition) is 16. The van der Waals surface area contributed by atoms with Gasteiger partial charge in [0.1, 0.15) is 71.6 Å². The maximum atomic E-state index is 10.4. The minimum atomic E-state index is -1.30. The van der Waals surface area contributed by atoms with Crippen LogP contribution in [0.4, 0.5) is 0 Å². The number of piperidine rings is 4. The van der Waals surface area contributed by atoms with Crippen molar-refractivity contribution in [2.45, 2.75) is 253 Å². The number of aromatic nitrogens is 12. The van der Waals surface area contributed by atoms with Gasteiger partial charge in [0.25, 0.3) is 0 Å². The van der Waals surface area contributed by atoms with Gasteiger partial charge in [-0.3, -0.25) is 38.3 Å². The quantitative estimate of drug-likeness (QED) is 0.0183. The number of ether oxygens (including phenoxy) is 4. The molecule has 0 amide bonds. The summed E-state index contributed by atoms with van der Waals surface area (Å²) in [6.07, 6.45) is 6.00. The first-order valence-corrected chi connectivity index (χ1v) is 36.3. The van der Waals surface area contributed by atoms with E-state index < -0.39 is 103 Å². The highest BCUT2D eigenvalue weighted by Gasteiger charge is 2.44. The summed E-state index contributed by atoms with van der Waals surface area (Å²) in [6, 6.07) is -2.58. The van der Waals surface area contributed by atoms with Crippen LogP contribution in [-0.4, -0.2) is 364 Å². The number of aliphatic hydroxyl groups is 16. The molecule has 36 heteroatoms. The van der Waals surface area contributed by atoms with Gasteiger partial charge < -0.3 is 101 Å². The van der Waals surface area contributed by atoms with Crippen LogP contribution in [0.2, 0.25) is 0 Å². The summed E-state index contributed by atoms with van der Waals surface area (Å²) in [4.78, 5) is 7.29. The predicted octanol–water partition coefficient (Wildman–Crippen LogP) is -5.52. The summed E-state index contributed by atoms with van der Waals surface area (Å²) < 4.78 is 33.1. The van der Waals surface area contributed by atoms with E-state index in [1.807, 2.05) is 44.4 Å². The molecule has 576 valence electrons. The number of hydrogen-bond acceptors (Lipinski definition) is 32. The molecular weight excluding hydrogens is 1320 g/mol. The molecule has 0 aliphatic carbocycles. The SMILES string of the molecule is OC[C@@H]1[C@@H](O)[C@H](O)[C@@H](O)CN1CCCCCCn1cc(COCC(COCc2cn(CCCCCCN3C[C@H](O)[C@@H](O)[C@H](O)[C@H]3CO)nn2)(COCc2cn(CCCCCCN3C[C@H](O)[C@@H](O)[C@H](O)[C@H]3CO)nn2)COCc2cn(CCCCCCN3C[C@H](O)[C@@H](O)[C@H](O)[C@H]3CO)nn2)nn1. The molecular formula is C65H116N16O20. The van der Waals surface area contributed by atoms with Crippen LogP contribution in [0.15, 0.2) is 24.8 Å². The summed E-state index contributed by atoms with van der Waals surface area (Å²) >= 11 is 0. The van der Waals surface area contributed by atoms with E-state index in [1.165, 1.54) is 0 Å². The van der Waals surface area contributed by atoms with Crippen molar-refractivity contribution in [1.82, 2.24) is 79.6 Å². The van der Waals surface area contributed by atoms with Gasteiger partial charge in [-0.05, 0) is 77.5 Å². The zero-order valence-electron chi connectivity index (χ0n) is 58.3. The zero-order chi connectivity index (χ0) is 72.3. The molecule has 0 unspecified atom stereocenters. The molecule has 4 aliphatic rings. The Labute approximate surface area is 589 Å². The minimum absolute atomic E-state index is 0.0811. The summed E-state index contributed by atoms with van der Waals surface area (Å²) in [5.41, 5.74) is 1.43. The van der Waals surface area contributed by atoms with Crippen LogP contribution >= 0.6 is 0 Å². The van der Waals surface area contributed by atoms with E-state index in [-0.39, 0.29) is 105 Å². The van der Waals surface area contributed by atoms with Crippen molar-refractivity contribution < 1.29 is 101 Å². The number of aliphatic hydroxyl groups excluding tert-OH is 16. The maximum absolute atomic E-state index is 10.4. The monoisotopic (exact) mass is 1440 g/mol. The third-order valence-electron chi connectivity index (χ3n) is 20.2. The Bertz CT molecular complexity index is 2510. The van der Waals surface area contributed by atoms with Gasteiger partial charge in [0.15, 0.2) is 0 Å². The number of likely N-dealkylation sites (tertiary alicyclic amines) is 4. The first-order valence-electron chi connectivity index (χ1n) is 36.3. The van der Waals surface area contributed by atoms with Gasteiger partial charge in [-0.1, -0.05) is 72.2 Å². The fourth-order valence-corrected chi connectivity index (χ4v) is 14.1. The molecule has 8 rings (SSSR count). The summed E-state index contributed by atoms with van der Waals surface area (Å²) in [5, 5.41) is 197. The van der Waals surface area contributed by atoms with Crippen LogP contribution in [-0.2, 0) is 71.6 Å². The van der Waals surface area contributed by atoms with Crippen LogP contribution in [0.25, 0.3) is 0 Å². The van der Waals surface area contributed by atoms with Crippen LogP contribution in [0, 0.1) is 5.41 Å². The number of β-amino-alcohol motifs (C(OH)–C–C–N with tert-alkyl or cyclic N) is 4. The standard InChI is InChI=1S/C65H116N16O20/c82-33-49-57(90)61(94)53(86)29-74(49)17-9-1-5-13-21-78-25-45(66-70-78)37-98-41-65(42-99-38-46-26-79(71-67-46)22-14-6-2-10-18-75-30-54(87)62(95)58(91)50(75)34-83,43-100-39-47-27-80(72-68-47)23-15-7-3-11-19-76-31-55(88)63(96)59(92)51(76)35-84)44-101-40-48-28-81(73-69-48)24-16-8-4-12-20-77-32-56(89)64(97)60(93)52(77)36-85/h25-28,49-64,82-97H,1-24,29-44H2/t49-,50-,51-,52-,53+,54+,55+,56+,57-,58-,59-,60-,61-,62-,63-,64-/m1/s1. The van der Waals surface area contributed by atoms with E-state index in [2.05, 4.69) is 41.2 Å². The smallest absolute Gasteiger partial charge is 0.109 e. The molecule has 0 bridgehead atoms. The molecule has 0 radical (unpaired) electrons. The lowest BCUT2D eigenvalue weighted by Gasteiger charge is -2.43. The first-order chi connectivity index (χ1) is 48.8. The average molecular weight is 1440 g/mol. The molecule has 4 aromatic heterocycles. The number of unbranched alkanes of at least 4 members (excludes halogenated alkanes) is 12. The van der Waals surface area contributed by atoms with Gasteiger partial charge in [0.05, 0.1) is 158 Å². The van der Waals surface area contributed by atoms with Crippen LogP contribution in [0.1, 0.15) is 126 Å². The lowest BCUT2D eigenvalue weighted by molar-refractivity contribution is -0.145. The Hall–Kier alpha value is -4.40. The van der Waals surface area contributed by atoms with Crippen molar-refractivity contribution in [1.29, 1.82) is 0 Å². The molecule has 16 N–H and O–H groups in total. The number of aryl methyl sites for hydroxylation is 4. The first kappa shape index (κ1) is 82.3. The van der Waals surface area contributed by atoms with Gasteiger partial charge in [-0.2, -0.15) is 0 Å². The van der Waals surface area contributed by atoms with Gasteiger partial charge in [-0.25, -0.2) is 0 Å². The second-order valence-corrected chi connectivity index (χ2v) is 28.2. The topological polar surface area (TPSA) is 496 Å². The highest BCUT2D eigenvalue weighted by atomic mass is 16.5. The van der Waals surface area contributed by atoms with Crippen molar-refractivity contribution in [2.75, 3.05) is 105 Å². The third kappa shape index (κ3) is 24.8. The lowest BCUT2D eigenvalue weighted by Crippen LogP contribution is -2.62. The molecule has 0 spiro atoms. The van der Waals surface area contributed by atoms with Crippen molar-refractivity contribution in [3.05, 3.63) is 47.6 Å². The van der Waals surface area contributed by atoms with Gasteiger partial charge in [0, 0.05) is 52.4 Å². The Morgan fingerprint density at radius 3 is 0.683 bits per heavy atom. The Balaban J connectivity index is 0.867. The van der Waals surface area contributed by atoms with E-state index in [0.29, 0.717) is 75.1 Å². The predicted molar refractivity (Wildman–Crippen MR) is 357 cm³/mol. The third-order valence-corrected chi connectivity index (χ3v) is 20.2. The molecule has 4 aliphatic heterocycles. The summed E-state index contributed by atoms with van der Waals surface area (Å²) in [5.74, 6) is 0. The molecule has 101 heavy (non-hydrogen) atoms. The molecule has 4 saturated heterocycles. The molecule has 8 heterocycles. The van der Waals surface area contributed by atoms with Crippen molar-refractivity contribution in [3.8, 4) is 0 Å². The van der Waals surface area contributed by atoms with Gasteiger partial charge in [0.2, 0.25) is 0 Å². The molecule has 4 aromatic rings. The minimum Gasteiger partial charge on any atom is -0.395 e. The molecule has 0 saturated carbocycles. The van der Waals surface area contributed by atoms with Crippen LogP contribution < -0.4 is 0 Å². The average Bonchev–Trinajstić information content (AvgIpc) is 1.62. The summed E-state index contributed by atoms with van der Waals surface area (Å²) in [7, 11) is 0. The largest absolute Gasteiger partial charge is 0.395 e. The van der Waals surface area contributed by atoms with Crippen molar-refractivity contribution >= 4 is 0 Å². The van der Waals surface area contributed by atoms with Crippen LogP contribution in [0.3, 0.4) is 0 Å². The lowest BCUT2D eigenvalue weighted by atomic mass is 9.92. The summed E-state index contributed by atoms with van der Waals surface area (Å²) in [6.45, 7) is 4.68. The van der Waals surface area contributed by atoms with E-state index in [4.69, 9.17) is 18.9 Å². The molecule has 4 fully saturated rings. The normalized spacial score (nSPS) is 28.3. The fourth-order valence-electron chi connectivity index (χ4n) is 14.1. The fraction of sp³-hybridized carbons (Fsp3) is 0.877. The van der Waals surface area contributed by atoms with E-state index >= 15 is 0 Å². The Morgan fingerprint density at radius 1 is 0.287 bits per heavy atom. The second kappa shape index (κ2) is 42.7. The van der Waals surface area contributed by atoms with Gasteiger partial charge in [-0.15, -0.1) is 20.4 Å². The highest BCUT2D eigenvalue weighted by molar-refractivity contribution is 4.99. The molecule has 36 nitrogen and oxygen atoms in total. The van der Waals surface area contributed by atoms with E-state index in [0.717, 1.165) is 103 Å². The van der Waals surface area contributed by atoms with E-state index in [1.54, 1.807) is 18.7 Å². The molecule has 16 atom stereocenters. The number of rotatable bonds is 48. The van der Waals surface area contributed by atoms with Crippen molar-refractivity contribution in [3.63, 3.8) is 0 Å². The Kier molecular flexibility index (Phi) is 34.8. The maximum Gasteiger partial charge on any atom is 0.109 e. The van der Waals surface area contributed by atoms with Crippen molar-refractivity contribution in [2.24, 2.45) is 5.41 Å². The zero-order valence-corrected chi connectivity index (χ0v) is 58.3. The Morgan fingerprint density at radius 2 is 0.485 bits per heavy atom. The number of nitrogens with zero attached hydrogens (tertiary/aromatic N) is 16. The molecule has 0 aromatic carbocycles. The second-order valence-electron chi connectivity index (χ2n) is 28.2. The van der Waals surface area contributed by atoms with E-state index in [9.17, 15) is 81.7 Å². The van der Waals surface area contributed by atoms with Crippen LogP contribution in [0.5, 0.6) is 0 Å². The van der Waals surface area contributed by atoms with Gasteiger partial charge >= 0.3 is 0 Å².